The Morgan fingerprint density at radius 2 is 1.61 bits per heavy atom. The summed E-state index contributed by atoms with van der Waals surface area (Å²) in [6, 6.07) is 6.99. The van der Waals surface area contributed by atoms with Crippen molar-refractivity contribution in [2.24, 2.45) is 0 Å². The fourth-order valence-corrected chi connectivity index (χ4v) is 3.62. The van der Waals surface area contributed by atoms with E-state index in [0.717, 1.165) is 5.56 Å². The van der Waals surface area contributed by atoms with Crippen molar-refractivity contribution in [2.45, 2.75) is 64.4 Å². The molecule has 5 nitrogen and oxygen atoms in total. The molecule has 1 aromatic rings. The monoisotopic (exact) mass is 340 g/mol. The molecule has 6 heteroatoms. The molecular formula is C17H28N2O3S. The zero-order valence-corrected chi connectivity index (χ0v) is 15.5. The van der Waals surface area contributed by atoms with Crippen molar-refractivity contribution in [3.05, 3.63) is 29.8 Å². The van der Waals surface area contributed by atoms with Gasteiger partial charge in [0.1, 0.15) is 0 Å². The number of hydrogen-bond donors (Lipinski definition) is 1. The van der Waals surface area contributed by atoms with Crippen LogP contribution >= 0.6 is 0 Å². The van der Waals surface area contributed by atoms with Crippen LogP contribution in [0.15, 0.2) is 29.2 Å². The van der Waals surface area contributed by atoms with Crippen LogP contribution in [0.1, 0.15) is 46.1 Å². The molecule has 0 saturated heterocycles. The SMILES string of the molecule is Cc1ccc(S(=O)(=O)NCCCC(=O)N(C(C)C)C(C)C)cc1. The Kier molecular flexibility index (Phi) is 7.22. The van der Waals surface area contributed by atoms with Crippen LogP contribution in [-0.4, -0.2) is 37.9 Å². The van der Waals surface area contributed by atoms with Crippen LogP contribution in [0.2, 0.25) is 0 Å². The summed E-state index contributed by atoms with van der Waals surface area (Å²) in [4.78, 5) is 14.3. The molecule has 1 rings (SSSR count). The zero-order chi connectivity index (χ0) is 17.6. The van der Waals surface area contributed by atoms with Gasteiger partial charge in [0.05, 0.1) is 4.90 Å². The molecule has 0 heterocycles. The first-order valence-electron chi connectivity index (χ1n) is 8.02. The van der Waals surface area contributed by atoms with E-state index in [0.29, 0.717) is 12.8 Å². The number of aryl methyl sites for hydroxylation is 1. The minimum Gasteiger partial charge on any atom is -0.338 e. The predicted octanol–water partition coefficient (Wildman–Crippen LogP) is 2.70. The van der Waals surface area contributed by atoms with Gasteiger partial charge < -0.3 is 4.90 Å². The van der Waals surface area contributed by atoms with Crippen molar-refractivity contribution in [2.75, 3.05) is 6.54 Å². The molecule has 0 aliphatic heterocycles. The summed E-state index contributed by atoms with van der Waals surface area (Å²) >= 11 is 0. The smallest absolute Gasteiger partial charge is 0.240 e. The second-order valence-electron chi connectivity index (χ2n) is 6.30. The van der Waals surface area contributed by atoms with E-state index >= 15 is 0 Å². The standard InChI is InChI=1S/C17H28N2O3S/c1-13(2)19(14(3)4)17(20)7-6-12-18-23(21,22)16-10-8-15(5)9-11-16/h8-11,13-14,18H,6-7,12H2,1-5H3. The topological polar surface area (TPSA) is 66.5 Å². The van der Waals surface area contributed by atoms with Crippen molar-refractivity contribution in [1.29, 1.82) is 0 Å². The van der Waals surface area contributed by atoms with E-state index in [4.69, 9.17) is 0 Å². The number of carbonyl (C=O) groups excluding carboxylic acids is 1. The molecule has 0 bridgehead atoms. The lowest BCUT2D eigenvalue weighted by atomic mass is 10.2. The highest BCUT2D eigenvalue weighted by atomic mass is 32.2. The highest BCUT2D eigenvalue weighted by molar-refractivity contribution is 7.89. The summed E-state index contributed by atoms with van der Waals surface area (Å²) in [6.45, 7) is 10.1. The lowest BCUT2D eigenvalue weighted by Gasteiger charge is -2.30. The van der Waals surface area contributed by atoms with Gasteiger partial charge in [0.15, 0.2) is 0 Å². The first-order chi connectivity index (χ1) is 10.6. The summed E-state index contributed by atoms with van der Waals surface area (Å²) in [5, 5.41) is 0. The third-order valence-corrected chi connectivity index (χ3v) is 5.07. The van der Waals surface area contributed by atoms with E-state index in [2.05, 4.69) is 4.72 Å². The van der Waals surface area contributed by atoms with Gasteiger partial charge in [-0.15, -0.1) is 0 Å². The molecule has 1 aromatic carbocycles. The molecule has 1 N–H and O–H groups in total. The molecule has 0 atom stereocenters. The molecular weight excluding hydrogens is 312 g/mol. The van der Waals surface area contributed by atoms with Gasteiger partial charge >= 0.3 is 0 Å². The Morgan fingerprint density at radius 3 is 2.09 bits per heavy atom. The van der Waals surface area contributed by atoms with E-state index < -0.39 is 10.0 Å². The maximum Gasteiger partial charge on any atom is 0.240 e. The summed E-state index contributed by atoms with van der Waals surface area (Å²) in [5.41, 5.74) is 1.01. The highest BCUT2D eigenvalue weighted by Crippen LogP contribution is 2.11. The molecule has 0 aromatic heterocycles. The Hall–Kier alpha value is -1.40. The fourth-order valence-electron chi connectivity index (χ4n) is 2.55. The molecule has 0 aliphatic rings. The number of hydrogen-bond acceptors (Lipinski definition) is 3. The Balaban J connectivity index is 2.50. The van der Waals surface area contributed by atoms with Gasteiger partial charge in [-0.05, 0) is 53.2 Å². The number of amides is 1. The van der Waals surface area contributed by atoms with E-state index in [9.17, 15) is 13.2 Å². The molecule has 0 aliphatic carbocycles. The van der Waals surface area contributed by atoms with Crippen LogP contribution in [-0.2, 0) is 14.8 Å². The summed E-state index contributed by atoms with van der Waals surface area (Å²) in [7, 11) is -3.50. The van der Waals surface area contributed by atoms with Crippen molar-refractivity contribution < 1.29 is 13.2 Å². The van der Waals surface area contributed by atoms with E-state index in [1.54, 1.807) is 24.3 Å². The number of benzene rings is 1. The van der Waals surface area contributed by atoms with E-state index in [-0.39, 0.29) is 29.4 Å². The quantitative estimate of drug-likeness (QED) is 0.740. The minimum absolute atomic E-state index is 0.0598. The maximum atomic E-state index is 12.2. The summed E-state index contributed by atoms with van der Waals surface area (Å²) < 4.78 is 26.8. The Bertz CT molecular complexity index is 599. The Labute approximate surface area is 140 Å². The molecule has 0 unspecified atom stereocenters. The largest absolute Gasteiger partial charge is 0.338 e. The predicted molar refractivity (Wildman–Crippen MR) is 92.7 cm³/mol. The van der Waals surface area contributed by atoms with Gasteiger partial charge in [-0.1, -0.05) is 17.7 Å². The number of nitrogens with one attached hydrogen (secondary N) is 1. The molecule has 23 heavy (non-hydrogen) atoms. The number of rotatable bonds is 8. The van der Waals surface area contributed by atoms with Crippen LogP contribution in [0.25, 0.3) is 0 Å². The van der Waals surface area contributed by atoms with Crippen LogP contribution in [0.5, 0.6) is 0 Å². The fraction of sp³-hybridized carbons (Fsp3) is 0.588. The molecule has 0 radical (unpaired) electrons. The lowest BCUT2D eigenvalue weighted by molar-refractivity contribution is -0.134. The second kappa shape index (κ2) is 8.45. The van der Waals surface area contributed by atoms with Crippen molar-refractivity contribution >= 4 is 15.9 Å². The molecule has 0 spiro atoms. The van der Waals surface area contributed by atoms with Crippen LogP contribution in [0.3, 0.4) is 0 Å². The lowest BCUT2D eigenvalue weighted by Crippen LogP contribution is -2.42. The van der Waals surface area contributed by atoms with Crippen molar-refractivity contribution in [3.8, 4) is 0 Å². The zero-order valence-electron chi connectivity index (χ0n) is 14.7. The number of nitrogens with zero attached hydrogens (tertiary/aromatic N) is 1. The molecule has 1 amide bonds. The van der Waals surface area contributed by atoms with Gasteiger partial charge in [0, 0.05) is 25.0 Å². The molecule has 130 valence electrons. The van der Waals surface area contributed by atoms with Gasteiger partial charge in [0.25, 0.3) is 0 Å². The highest BCUT2D eigenvalue weighted by Gasteiger charge is 2.20. The third kappa shape index (κ3) is 5.95. The second-order valence-corrected chi connectivity index (χ2v) is 8.07. The average Bonchev–Trinajstić information content (AvgIpc) is 2.43. The number of sulfonamides is 1. The first kappa shape index (κ1) is 19.6. The van der Waals surface area contributed by atoms with Gasteiger partial charge in [-0.3, -0.25) is 4.79 Å². The van der Waals surface area contributed by atoms with Crippen LogP contribution < -0.4 is 4.72 Å². The van der Waals surface area contributed by atoms with E-state index in [1.807, 2.05) is 39.5 Å². The third-order valence-electron chi connectivity index (χ3n) is 3.59. The molecule has 0 saturated carbocycles. The first-order valence-corrected chi connectivity index (χ1v) is 9.51. The van der Waals surface area contributed by atoms with E-state index in [1.165, 1.54) is 0 Å². The average molecular weight is 340 g/mol. The molecule has 0 fully saturated rings. The number of carbonyl (C=O) groups is 1. The van der Waals surface area contributed by atoms with Crippen LogP contribution in [0, 0.1) is 6.92 Å². The van der Waals surface area contributed by atoms with Gasteiger partial charge in [-0.25, -0.2) is 13.1 Å². The summed E-state index contributed by atoms with van der Waals surface area (Å²) in [5.74, 6) is 0.0598. The minimum atomic E-state index is -3.50. The van der Waals surface area contributed by atoms with Crippen molar-refractivity contribution in [1.82, 2.24) is 9.62 Å². The van der Waals surface area contributed by atoms with Crippen molar-refractivity contribution in [3.63, 3.8) is 0 Å². The Morgan fingerprint density at radius 1 is 1.09 bits per heavy atom. The summed E-state index contributed by atoms with van der Waals surface area (Å²) in [6.07, 6.45) is 0.826. The van der Waals surface area contributed by atoms with Gasteiger partial charge in [0.2, 0.25) is 15.9 Å². The van der Waals surface area contributed by atoms with Crippen LogP contribution in [0.4, 0.5) is 0 Å². The normalized spacial score (nSPS) is 12.0. The maximum absolute atomic E-state index is 12.2. The van der Waals surface area contributed by atoms with Gasteiger partial charge in [-0.2, -0.15) is 0 Å².